The molecule has 0 amide bonds. The summed E-state index contributed by atoms with van der Waals surface area (Å²) < 4.78 is 5.68. The molecule has 7 nitrogen and oxygen atoms in total. The molecule has 1 aliphatic carbocycles. The molecule has 2 atom stereocenters. The van der Waals surface area contributed by atoms with E-state index in [2.05, 4.69) is 39.8 Å². The van der Waals surface area contributed by atoms with Crippen LogP contribution in [0.25, 0.3) is 5.57 Å². The Morgan fingerprint density at radius 1 is 1.16 bits per heavy atom. The average Bonchev–Trinajstić information content (AvgIpc) is 3.40. The second kappa shape index (κ2) is 10.4. The summed E-state index contributed by atoms with van der Waals surface area (Å²) in [5.41, 5.74) is 9.73. The number of ether oxygens (including phenoxy) is 1. The van der Waals surface area contributed by atoms with E-state index in [-0.39, 0.29) is 7.43 Å². The highest BCUT2D eigenvalue weighted by atomic mass is 16.5. The minimum absolute atomic E-state index is 0. The largest absolute Gasteiger partial charge is 0.463 e. The highest BCUT2D eigenvalue weighted by molar-refractivity contribution is 5.79. The number of piperazine rings is 1. The number of aromatic nitrogens is 2. The highest BCUT2D eigenvalue weighted by Gasteiger charge is 2.40. The van der Waals surface area contributed by atoms with Crippen molar-refractivity contribution in [2.45, 2.75) is 77.8 Å². The number of unbranched alkanes of at least 4 members (excludes halogenated alkanes) is 3. The van der Waals surface area contributed by atoms with E-state index < -0.39 is 0 Å². The summed E-state index contributed by atoms with van der Waals surface area (Å²) in [5.74, 6) is 0.448. The Morgan fingerprint density at radius 2 is 2.00 bits per heavy atom. The van der Waals surface area contributed by atoms with Crippen LogP contribution in [0, 0.1) is 11.3 Å². The summed E-state index contributed by atoms with van der Waals surface area (Å²) in [5, 5.41) is 9.63. The van der Waals surface area contributed by atoms with Crippen LogP contribution in [0.4, 0.5) is 5.82 Å². The summed E-state index contributed by atoms with van der Waals surface area (Å²) in [7, 11) is 2.25. The fourth-order valence-corrected chi connectivity index (χ4v) is 5.09. The Hall–Kier alpha value is -2.17. The first-order chi connectivity index (χ1) is 14.6. The maximum absolute atomic E-state index is 9.63. The number of fused-ring (bicyclic) bond motifs is 3. The molecule has 2 N–H and O–H groups in total. The van der Waals surface area contributed by atoms with Crippen molar-refractivity contribution in [1.29, 1.82) is 5.26 Å². The van der Waals surface area contributed by atoms with Crippen molar-refractivity contribution in [1.82, 2.24) is 19.8 Å². The minimum atomic E-state index is 0. The lowest BCUT2D eigenvalue weighted by Crippen LogP contribution is -2.44. The number of nitrogen functional groups attached to an aromatic ring is 1. The van der Waals surface area contributed by atoms with Crippen LogP contribution in [0.3, 0.4) is 0 Å². The van der Waals surface area contributed by atoms with Crippen LogP contribution >= 0.6 is 0 Å². The van der Waals surface area contributed by atoms with Gasteiger partial charge in [-0.05, 0) is 51.3 Å². The van der Waals surface area contributed by atoms with Gasteiger partial charge in [0.05, 0.1) is 18.4 Å². The highest BCUT2D eigenvalue weighted by Crippen LogP contribution is 2.38. The predicted octanol–water partition coefficient (Wildman–Crippen LogP) is 3.66. The topological polar surface area (TPSA) is 91.3 Å². The summed E-state index contributed by atoms with van der Waals surface area (Å²) in [6.07, 6.45) is 8.23. The third kappa shape index (κ3) is 5.02. The Labute approximate surface area is 187 Å². The number of hydrogen-bond donors (Lipinski definition) is 1. The lowest BCUT2D eigenvalue weighted by molar-refractivity contribution is 0.147. The zero-order valence-corrected chi connectivity index (χ0v) is 18.4. The summed E-state index contributed by atoms with van der Waals surface area (Å²) >= 11 is 0. The van der Waals surface area contributed by atoms with Crippen molar-refractivity contribution in [3.05, 3.63) is 16.8 Å². The molecule has 2 aliphatic heterocycles. The van der Waals surface area contributed by atoms with Gasteiger partial charge in [0.15, 0.2) is 0 Å². The van der Waals surface area contributed by atoms with Crippen molar-refractivity contribution in [3.8, 4) is 12.1 Å². The molecule has 3 aliphatic rings. The number of anilines is 1. The van der Waals surface area contributed by atoms with Gasteiger partial charge in [-0.1, -0.05) is 27.2 Å². The van der Waals surface area contributed by atoms with Gasteiger partial charge >= 0.3 is 6.01 Å². The van der Waals surface area contributed by atoms with Crippen LogP contribution in [0.15, 0.2) is 5.57 Å². The minimum Gasteiger partial charge on any atom is -0.463 e. The summed E-state index contributed by atoms with van der Waals surface area (Å²) in [6, 6.07) is 4.24. The number of likely N-dealkylation sites (tertiary alicyclic amines) is 2. The lowest BCUT2D eigenvalue weighted by Gasteiger charge is -2.31. The molecule has 0 radical (unpaired) electrons. The second-order valence-corrected chi connectivity index (χ2v) is 8.95. The molecule has 1 aromatic rings. The van der Waals surface area contributed by atoms with Gasteiger partial charge in [-0.3, -0.25) is 4.90 Å². The Morgan fingerprint density at radius 3 is 2.68 bits per heavy atom. The van der Waals surface area contributed by atoms with Gasteiger partial charge in [-0.25, -0.2) is 0 Å². The van der Waals surface area contributed by atoms with Gasteiger partial charge in [-0.2, -0.15) is 15.2 Å². The third-order valence-corrected chi connectivity index (χ3v) is 6.89. The standard InChI is InChI=1S/C23H34N6O.CH4/c1-3-4-10-30-23-26-21-19(16(13-24)11-20(21)22(25)27-23)8-6-5-7-9-29-15-17-12-18(29)14-28(17)2;/h17-18H,3-12,14-15H2,1-2H3,(H2,25,26,27);1H4. The van der Waals surface area contributed by atoms with Crippen molar-refractivity contribution < 1.29 is 4.74 Å². The molecular formula is C24H38N6O. The first-order valence-corrected chi connectivity index (χ1v) is 11.5. The molecule has 0 aromatic carbocycles. The van der Waals surface area contributed by atoms with Gasteiger partial charge in [-0.15, -0.1) is 0 Å². The molecule has 1 aromatic heterocycles. The summed E-state index contributed by atoms with van der Waals surface area (Å²) in [4.78, 5) is 14.1. The van der Waals surface area contributed by atoms with Gasteiger partial charge in [0.25, 0.3) is 0 Å². The van der Waals surface area contributed by atoms with Gasteiger partial charge < -0.3 is 15.4 Å². The molecule has 0 spiro atoms. The second-order valence-electron chi connectivity index (χ2n) is 8.95. The lowest BCUT2D eigenvalue weighted by atomic mass is 10.0. The molecule has 0 saturated carbocycles. The van der Waals surface area contributed by atoms with Crippen LogP contribution in [0.2, 0.25) is 0 Å². The van der Waals surface area contributed by atoms with Crippen molar-refractivity contribution in [2.75, 3.05) is 39.0 Å². The summed E-state index contributed by atoms with van der Waals surface area (Å²) in [6.45, 7) is 6.36. The predicted molar refractivity (Wildman–Crippen MR) is 125 cm³/mol. The molecule has 4 rings (SSSR count). The van der Waals surface area contributed by atoms with Gasteiger partial charge in [0, 0.05) is 42.7 Å². The van der Waals surface area contributed by atoms with E-state index in [9.17, 15) is 5.26 Å². The van der Waals surface area contributed by atoms with E-state index >= 15 is 0 Å². The molecule has 2 fully saturated rings. The third-order valence-electron chi connectivity index (χ3n) is 6.89. The van der Waals surface area contributed by atoms with E-state index in [1.807, 2.05) is 0 Å². The zero-order chi connectivity index (χ0) is 21.1. The number of nitrogens with zero attached hydrogens (tertiary/aromatic N) is 5. The maximum atomic E-state index is 9.63. The van der Waals surface area contributed by atoms with Crippen LogP contribution in [-0.4, -0.2) is 65.1 Å². The molecule has 3 heterocycles. The fraction of sp³-hybridized carbons (Fsp3) is 0.708. The molecule has 7 heteroatoms. The molecule has 170 valence electrons. The quantitative estimate of drug-likeness (QED) is 0.571. The van der Waals surface area contributed by atoms with Crippen molar-refractivity contribution in [3.63, 3.8) is 0 Å². The van der Waals surface area contributed by atoms with E-state index in [0.29, 0.717) is 24.9 Å². The number of allylic oxidation sites excluding steroid dienone is 2. The Bertz CT molecular complexity index is 843. The maximum Gasteiger partial charge on any atom is 0.318 e. The fourth-order valence-electron chi connectivity index (χ4n) is 5.09. The van der Waals surface area contributed by atoms with E-state index in [4.69, 9.17) is 10.5 Å². The van der Waals surface area contributed by atoms with Crippen LogP contribution in [-0.2, 0) is 6.42 Å². The molecule has 2 bridgehead atoms. The average molecular weight is 427 g/mol. The van der Waals surface area contributed by atoms with Crippen LogP contribution in [0.1, 0.15) is 70.6 Å². The first kappa shape index (κ1) is 23.5. The number of nitriles is 1. The van der Waals surface area contributed by atoms with Crippen molar-refractivity contribution >= 4 is 11.4 Å². The van der Waals surface area contributed by atoms with E-state index in [1.54, 1.807) is 0 Å². The number of hydrogen-bond acceptors (Lipinski definition) is 7. The number of likely N-dealkylation sites (N-methyl/N-ethyl adjacent to an activating group) is 1. The van der Waals surface area contributed by atoms with Gasteiger partial charge in [0.1, 0.15) is 5.82 Å². The first-order valence-electron chi connectivity index (χ1n) is 11.5. The Balaban J connectivity index is 0.00000272. The molecule has 2 unspecified atom stereocenters. The van der Waals surface area contributed by atoms with E-state index in [1.165, 1.54) is 38.9 Å². The number of rotatable bonds is 10. The van der Waals surface area contributed by atoms with Crippen molar-refractivity contribution in [2.24, 2.45) is 0 Å². The monoisotopic (exact) mass is 426 g/mol. The molecule has 31 heavy (non-hydrogen) atoms. The van der Waals surface area contributed by atoms with E-state index in [0.717, 1.165) is 60.2 Å². The normalized spacial score (nSPS) is 22.5. The van der Waals surface area contributed by atoms with Crippen LogP contribution in [0.5, 0.6) is 6.01 Å². The SMILES string of the molecule is C.CCCCOc1nc(N)c2c(n1)C(CCCCCN1CC3CC1CN3C)=C(C#N)C2. The van der Waals surface area contributed by atoms with Crippen LogP contribution < -0.4 is 10.5 Å². The number of nitrogens with two attached hydrogens (primary N) is 1. The molecular weight excluding hydrogens is 388 g/mol. The zero-order valence-electron chi connectivity index (χ0n) is 18.4. The van der Waals surface area contributed by atoms with Gasteiger partial charge in [0.2, 0.25) is 0 Å². The molecule has 2 saturated heterocycles. The smallest absolute Gasteiger partial charge is 0.318 e. The Kier molecular flexibility index (Phi) is 7.90.